The first-order valence-corrected chi connectivity index (χ1v) is 6.05. The average Bonchev–Trinajstić information content (AvgIpc) is 2.39. The van der Waals surface area contributed by atoms with E-state index in [2.05, 4.69) is 17.2 Å². The molecule has 1 unspecified atom stereocenters. The number of rotatable bonds is 7. The van der Waals surface area contributed by atoms with E-state index in [1.54, 1.807) is 6.08 Å². The van der Waals surface area contributed by atoms with Crippen molar-refractivity contribution in [1.82, 2.24) is 10.6 Å². The first-order valence-electron chi connectivity index (χ1n) is 6.05. The van der Waals surface area contributed by atoms with Gasteiger partial charge in [0.2, 0.25) is 5.91 Å². The first kappa shape index (κ1) is 14.8. The molecular formula is C14H18N2O3. The number of hydrogen-bond donors (Lipinski definition) is 3. The SMILES string of the molecule is C=CCCNC(=O)C(Cc1ccccc1)NC(=O)O. The summed E-state index contributed by atoms with van der Waals surface area (Å²) >= 11 is 0. The summed E-state index contributed by atoms with van der Waals surface area (Å²) < 4.78 is 0. The Morgan fingerprint density at radius 3 is 2.58 bits per heavy atom. The van der Waals surface area contributed by atoms with Crippen LogP contribution in [0.1, 0.15) is 12.0 Å². The maximum atomic E-state index is 11.9. The van der Waals surface area contributed by atoms with Gasteiger partial charge >= 0.3 is 6.09 Å². The van der Waals surface area contributed by atoms with Crippen LogP contribution in [0.15, 0.2) is 43.0 Å². The number of nitrogens with one attached hydrogen (secondary N) is 2. The Morgan fingerprint density at radius 1 is 1.32 bits per heavy atom. The van der Waals surface area contributed by atoms with Crippen molar-refractivity contribution in [1.29, 1.82) is 0 Å². The minimum absolute atomic E-state index is 0.326. The molecule has 0 saturated heterocycles. The number of benzene rings is 1. The summed E-state index contributed by atoms with van der Waals surface area (Å²) in [5, 5.41) is 13.7. The lowest BCUT2D eigenvalue weighted by molar-refractivity contribution is -0.122. The molecule has 0 fully saturated rings. The molecule has 102 valence electrons. The number of hydrogen-bond acceptors (Lipinski definition) is 2. The zero-order chi connectivity index (χ0) is 14.1. The Hall–Kier alpha value is -2.30. The van der Waals surface area contributed by atoms with Crippen molar-refractivity contribution >= 4 is 12.0 Å². The van der Waals surface area contributed by atoms with Crippen molar-refractivity contribution in [2.75, 3.05) is 6.54 Å². The summed E-state index contributed by atoms with van der Waals surface area (Å²) in [6.45, 7) is 4.01. The maximum absolute atomic E-state index is 11.9. The predicted molar refractivity (Wildman–Crippen MR) is 72.9 cm³/mol. The number of carbonyl (C=O) groups excluding carboxylic acids is 1. The van der Waals surface area contributed by atoms with Gasteiger partial charge in [0.25, 0.3) is 0 Å². The summed E-state index contributed by atoms with van der Waals surface area (Å²) in [6, 6.07) is 8.49. The summed E-state index contributed by atoms with van der Waals surface area (Å²) in [4.78, 5) is 22.6. The maximum Gasteiger partial charge on any atom is 0.405 e. The molecule has 19 heavy (non-hydrogen) atoms. The molecule has 0 aliphatic carbocycles. The molecule has 5 nitrogen and oxygen atoms in total. The minimum atomic E-state index is -1.21. The van der Waals surface area contributed by atoms with Crippen LogP contribution in [-0.4, -0.2) is 29.7 Å². The Balaban J connectivity index is 2.63. The third kappa shape index (κ3) is 5.72. The smallest absolute Gasteiger partial charge is 0.405 e. The van der Waals surface area contributed by atoms with Crippen LogP contribution in [0.4, 0.5) is 4.79 Å². The van der Waals surface area contributed by atoms with Crippen molar-refractivity contribution in [3.05, 3.63) is 48.6 Å². The normalized spacial score (nSPS) is 11.4. The lowest BCUT2D eigenvalue weighted by atomic mass is 10.1. The van der Waals surface area contributed by atoms with Gasteiger partial charge in [0, 0.05) is 13.0 Å². The Labute approximate surface area is 112 Å². The van der Waals surface area contributed by atoms with E-state index in [1.165, 1.54) is 0 Å². The summed E-state index contributed by atoms with van der Waals surface area (Å²) in [6.07, 6.45) is 1.46. The van der Waals surface area contributed by atoms with Gasteiger partial charge in [0.15, 0.2) is 0 Å². The fourth-order valence-corrected chi connectivity index (χ4v) is 1.63. The zero-order valence-electron chi connectivity index (χ0n) is 10.6. The molecule has 0 saturated carbocycles. The van der Waals surface area contributed by atoms with E-state index >= 15 is 0 Å². The standard InChI is InChI=1S/C14H18N2O3/c1-2-3-9-15-13(17)12(16-14(18)19)10-11-7-5-4-6-8-11/h2,4-8,12,16H,1,3,9-10H2,(H,15,17)(H,18,19). The first-order chi connectivity index (χ1) is 9.13. The van der Waals surface area contributed by atoms with Crippen LogP contribution in [0, 0.1) is 0 Å². The highest BCUT2D eigenvalue weighted by molar-refractivity contribution is 5.85. The minimum Gasteiger partial charge on any atom is -0.465 e. The van der Waals surface area contributed by atoms with Gasteiger partial charge in [-0.1, -0.05) is 36.4 Å². The Morgan fingerprint density at radius 2 is 2.00 bits per heavy atom. The molecule has 0 aromatic heterocycles. The molecule has 1 rings (SSSR count). The lowest BCUT2D eigenvalue weighted by Gasteiger charge is -2.16. The molecule has 1 aromatic rings. The zero-order valence-corrected chi connectivity index (χ0v) is 10.6. The highest BCUT2D eigenvalue weighted by atomic mass is 16.4. The van der Waals surface area contributed by atoms with E-state index in [1.807, 2.05) is 30.3 Å². The molecule has 3 N–H and O–H groups in total. The quantitative estimate of drug-likeness (QED) is 0.515. The fraction of sp³-hybridized carbons (Fsp3) is 0.286. The van der Waals surface area contributed by atoms with E-state index in [0.29, 0.717) is 19.4 Å². The van der Waals surface area contributed by atoms with Crippen molar-refractivity contribution < 1.29 is 14.7 Å². The highest BCUT2D eigenvalue weighted by Gasteiger charge is 2.20. The second kappa shape index (κ2) is 7.92. The average molecular weight is 262 g/mol. The molecule has 0 bridgehead atoms. The van der Waals surface area contributed by atoms with Crippen LogP contribution in [0.2, 0.25) is 0 Å². The molecule has 0 heterocycles. The van der Waals surface area contributed by atoms with Gasteiger partial charge < -0.3 is 15.7 Å². The molecule has 5 heteroatoms. The lowest BCUT2D eigenvalue weighted by Crippen LogP contribution is -2.47. The van der Waals surface area contributed by atoms with Gasteiger partial charge in [-0.15, -0.1) is 6.58 Å². The third-order valence-electron chi connectivity index (χ3n) is 2.54. The number of carboxylic acid groups (broad SMARTS) is 1. The fourth-order valence-electron chi connectivity index (χ4n) is 1.63. The highest BCUT2D eigenvalue weighted by Crippen LogP contribution is 2.03. The largest absolute Gasteiger partial charge is 0.465 e. The van der Waals surface area contributed by atoms with Crippen LogP contribution < -0.4 is 10.6 Å². The third-order valence-corrected chi connectivity index (χ3v) is 2.54. The van der Waals surface area contributed by atoms with E-state index in [9.17, 15) is 9.59 Å². The molecular weight excluding hydrogens is 244 g/mol. The number of amides is 2. The van der Waals surface area contributed by atoms with Gasteiger partial charge in [0.05, 0.1) is 0 Å². The van der Waals surface area contributed by atoms with Crippen molar-refractivity contribution in [3.63, 3.8) is 0 Å². The van der Waals surface area contributed by atoms with Gasteiger partial charge in [-0.3, -0.25) is 4.79 Å². The molecule has 1 aromatic carbocycles. The van der Waals surface area contributed by atoms with E-state index in [-0.39, 0.29) is 5.91 Å². The monoisotopic (exact) mass is 262 g/mol. The summed E-state index contributed by atoms with van der Waals surface area (Å²) in [7, 11) is 0. The molecule has 2 amide bonds. The van der Waals surface area contributed by atoms with Gasteiger partial charge in [-0.05, 0) is 12.0 Å². The molecule has 0 spiro atoms. The van der Waals surface area contributed by atoms with Crippen LogP contribution in [0.5, 0.6) is 0 Å². The van der Waals surface area contributed by atoms with E-state index < -0.39 is 12.1 Å². The Bertz CT molecular complexity index is 432. The topological polar surface area (TPSA) is 78.4 Å². The summed E-state index contributed by atoms with van der Waals surface area (Å²) in [5.74, 6) is -0.326. The molecule has 0 radical (unpaired) electrons. The molecule has 0 aliphatic rings. The van der Waals surface area contributed by atoms with Gasteiger partial charge in [0.1, 0.15) is 6.04 Å². The van der Waals surface area contributed by atoms with Crippen molar-refractivity contribution in [2.24, 2.45) is 0 Å². The van der Waals surface area contributed by atoms with Crippen molar-refractivity contribution in [3.8, 4) is 0 Å². The van der Waals surface area contributed by atoms with Crippen LogP contribution in [-0.2, 0) is 11.2 Å². The molecule has 0 aliphatic heterocycles. The van der Waals surface area contributed by atoms with Gasteiger partial charge in [-0.2, -0.15) is 0 Å². The molecule has 1 atom stereocenters. The van der Waals surface area contributed by atoms with E-state index in [0.717, 1.165) is 5.56 Å². The Kier molecular flexibility index (Phi) is 6.15. The van der Waals surface area contributed by atoms with Crippen molar-refractivity contribution in [2.45, 2.75) is 18.9 Å². The van der Waals surface area contributed by atoms with Gasteiger partial charge in [-0.25, -0.2) is 4.79 Å². The predicted octanol–water partition coefficient (Wildman–Crippen LogP) is 1.56. The van der Waals surface area contributed by atoms with Crippen LogP contribution in [0.25, 0.3) is 0 Å². The second-order valence-electron chi connectivity index (χ2n) is 4.06. The van der Waals surface area contributed by atoms with Crippen LogP contribution in [0.3, 0.4) is 0 Å². The second-order valence-corrected chi connectivity index (χ2v) is 4.06. The van der Waals surface area contributed by atoms with E-state index in [4.69, 9.17) is 5.11 Å². The number of carbonyl (C=O) groups is 2. The summed E-state index contributed by atoms with van der Waals surface area (Å²) in [5.41, 5.74) is 0.903. The van der Waals surface area contributed by atoms with Crippen LogP contribution >= 0.6 is 0 Å².